The van der Waals surface area contributed by atoms with Gasteiger partial charge in [0.05, 0.1) is 0 Å². The zero-order valence-corrected chi connectivity index (χ0v) is 7.42. The van der Waals surface area contributed by atoms with E-state index in [2.05, 4.69) is 6.92 Å². The van der Waals surface area contributed by atoms with Gasteiger partial charge in [-0.15, -0.1) is 0 Å². The zero-order chi connectivity index (χ0) is 7.84. The molecule has 11 heavy (non-hydrogen) atoms. The third kappa shape index (κ3) is 1.20. The van der Waals surface area contributed by atoms with Gasteiger partial charge < -0.3 is 5.73 Å². The molecule has 1 nitrogen and oxygen atoms in total. The van der Waals surface area contributed by atoms with Crippen LogP contribution in [-0.4, -0.2) is 6.04 Å². The highest BCUT2D eigenvalue weighted by Gasteiger charge is 2.43. The maximum absolute atomic E-state index is 6.04. The summed E-state index contributed by atoms with van der Waals surface area (Å²) < 4.78 is 0. The summed E-state index contributed by atoms with van der Waals surface area (Å²) in [5, 5.41) is 0. The van der Waals surface area contributed by atoms with E-state index in [1.54, 1.807) is 0 Å². The fourth-order valence-electron chi connectivity index (χ4n) is 3.26. The predicted octanol–water partition coefficient (Wildman–Crippen LogP) is 2.16. The van der Waals surface area contributed by atoms with Crippen LogP contribution in [0.15, 0.2) is 0 Å². The highest BCUT2D eigenvalue weighted by Crippen LogP contribution is 2.49. The second-order valence-electron chi connectivity index (χ2n) is 4.45. The number of rotatable bonds is 2. The van der Waals surface area contributed by atoms with E-state index in [0.717, 1.165) is 17.8 Å². The molecule has 0 heterocycles. The van der Waals surface area contributed by atoms with Gasteiger partial charge in [-0.25, -0.2) is 0 Å². The first-order chi connectivity index (χ1) is 5.31. The quantitative estimate of drug-likeness (QED) is 0.646. The van der Waals surface area contributed by atoms with Crippen molar-refractivity contribution in [3.63, 3.8) is 0 Å². The van der Waals surface area contributed by atoms with Crippen molar-refractivity contribution in [1.29, 1.82) is 0 Å². The van der Waals surface area contributed by atoms with E-state index < -0.39 is 0 Å². The highest BCUT2D eigenvalue weighted by atomic mass is 14.7. The average Bonchev–Trinajstić information content (AvgIpc) is 2.46. The minimum absolute atomic E-state index is 0.560. The third-order valence-corrected chi connectivity index (χ3v) is 3.66. The number of nitrogens with two attached hydrogens (primary N) is 1. The molecule has 0 saturated heterocycles. The molecule has 0 aliphatic heterocycles. The predicted molar refractivity (Wildman–Crippen MR) is 47.2 cm³/mol. The second-order valence-corrected chi connectivity index (χ2v) is 4.45. The molecule has 1 heteroatoms. The summed E-state index contributed by atoms with van der Waals surface area (Å²) in [5.74, 6) is 2.90. The smallest absolute Gasteiger partial charge is 0.00725 e. The minimum atomic E-state index is 0.560. The summed E-state index contributed by atoms with van der Waals surface area (Å²) in [6.45, 7) is 2.29. The molecule has 4 atom stereocenters. The van der Waals surface area contributed by atoms with Gasteiger partial charge in [-0.2, -0.15) is 0 Å². The molecule has 4 unspecified atom stereocenters. The van der Waals surface area contributed by atoms with Gasteiger partial charge in [0.1, 0.15) is 0 Å². The lowest BCUT2D eigenvalue weighted by molar-refractivity contribution is 0.279. The Bertz CT molecular complexity index is 144. The van der Waals surface area contributed by atoms with Crippen LogP contribution in [0.4, 0.5) is 0 Å². The van der Waals surface area contributed by atoms with Crippen LogP contribution in [-0.2, 0) is 0 Å². The molecule has 2 N–H and O–H groups in total. The van der Waals surface area contributed by atoms with Crippen LogP contribution in [0.5, 0.6) is 0 Å². The molecule has 2 bridgehead atoms. The maximum Gasteiger partial charge on any atom is 0.00725 e. The Labute approximate surface area is 69.4 Å². The zero-order valence-electron chi connectivity index (χ0n) is 7.42. The molecular weight excluding hydrogens is 134 g/mol. The molecule has 2 aliphatic rings. The van der Waals surface area contributed by atoms with Crippen molar-refractivity contribution in [1.82, 2.24) is 0 Å². The summed E-state index contributed by atoms with van der Waals surface area (Å²) in [4.78, 5) is 0. The third-order valence-electron chi connectivity index (χ3n) is 3.66. The summed E-state index contributed by atoms with van der Waals surface area (Å²) in [7, 11) is 0. The van der Waals surface area contributed by atoms with Gasteiger partial charge in [0.15, 0.2) is 0 Å². The lowest BCUT2D eigenvalue weighted by Gasteiger charge is -2.26. The van der Waals surface area contributed by atoms with Crippen LogP contribution in [0.3, 0.4) is 0 Å². The van der Waals surface area contributed by atoms with E-state index in [4.69, 9.17) is 5.73 Å². The Kier molecular flexibility index (Phi) is 1.92. The lowest BCUT2D eigenvalue weighted by Crippen LogP contribution is -2.32. The van der Waals surface area contributed by atoms with Gasteiger partial charge in [0.25, 0.3) is 0 Å². The van der Waals surface area contributed by atoms with Crippen LogP contribution in [0.2, 0.25) is 0 Å². The van der Waals surface area contributed by atoms with Crippen molar-refractivity contribution >= 4 is 0 Å². The van der Waals surface area contributed by atoms with Crippen LogP contribution < -0.4 is 5.73 Å². The molecule has 0 radical (unpaired) electrons. The monoisotopic (exact) mass is 153 g/mol. The fraction of sp³-hybridized carbons (Fsp3) is 1.00. The van der Waals surface area contributed by atoms with Crippen molar-refractivity contribution < 1.29 is 0 Å². The van der Waals surface area contributed by atoms with Crippen molar-refractivity contribution in [2.75, 3.05) is 0 Å². The Morgan fingerprint density at radius 2 is 2.09 bits per heavy atom. The Hall–Kier alpha value is -0.0400. The van der Waals surface area contributed by atoms with E-state index in [1.165, 1.54) is 32.1 Å². The highest BCUT2D eigenvalue weighted by molar-refractivity contribution is 4.97. The average molecular weight is 153 g/mol. The molecule has 0 spiro atoms. The summed E-state index contributed by atoms with van der Waals surface area (Å²) in [6, 6.07) is 0.560. The first-order valence-corrected chi connectivity index (χ1v) is 5.06. The molecule has 2 saturated carbocycles. The van der Waals surface area contributed by atoms with E-state index in [9.17, 15) is 0 Å². The second kappa shape index (κ2) is 2.78. The van der Waals surface area contributed by atoms with E-state index in [1.807, 2.05) is 0 Å². The molecule has 2 aliphatic carbocycles. The fourth-order valence-corrected chi connectivity index (χ4v) is 3.26. The molecule has 0 aromatic heterocycles. The molecule has 0 amide bonds. The van der Waals surface area contributed by atoms with Crippen molar-refractivity contribution in [3.8, 4) is 0 Å². The minimum Gasteiger partial charge on any atom is -0.327 e. The van der Waals surface area contributed by atoms with Gasteiger partial charge in [-0.1, -0.05) is 19.8 Å². The molecule has 2 fully saturated rings. The maximum atomic E-state index is 6.04. The topological polar surface area (TPSA) is 26.0 Å². The molecule has 0 aromatic carbocycles. The van der Waals surface area contributed by atoms with Crippen LogP contribution in [0.25, 0.3) is 0 Å². The first-order valence-electron chi connectivity index (χ1n) is 5.06. The first kappa shape index (κ1) is 7.60. The molecule has 64 valence electrons. The largest absolute Gasteiger partial charge is 0.327 e. The van der Waals surface area contributed by atoms with E-state index in [0.29, 0.717) is 6.04 Å². The summed E-state index contributed by atoms with van der Waals surface area (Å²) in [6.07, 6.45) is 7.04. The van der Waals surface area contributed by atoms with E-state index in [-0.39, 0.29) is 0 Å². The van der Waals surface area contributed by atoms with Crippen LogP contribution in [0.1, 0.15) is 39.0 Å². The molecule has 0 aromatic rings. The Morgan fingerprint density at radius 3 is 2.64 bits per heavy atom. The number of hydrogen-bond acceptors (Lipinski definition) is 1. The number of hydrogen-bond donors (Lipinski definition) is 1. The SMILES string of the molecule is CCCC1CC2CC(N)C1C2. The standard InChI is InChI=1S/C10H19N/c1-2-3-8-4-7-5-9(8)10(11)6-7/h7-10H,2-6,11H2,1H3. The van der Waals surface area contributed by atoms with Crippen molar-refractivity contribution in [2.24, 2.45) is 23.5 Å². The van der Waals surface area contributed by atoms with Crippen molar-refractivity contribution in [3.05, 3.63) is 0 Å². The van der Waals surface area contributed by atoms with E-state index >= 15 is 0 Å². The summed E-state index contributed by atoms with van der Waals surface area (Å²) in [5.41, 5.74) is 6.04. The molecule has 2 rings (SSSR count). The van der Waals surface area contributed by atoms with Gasteiger partial charge in [-0.3, -0.25) is 0 Å². The number of fused-ring (bicyclic) bond motifs is 2. The van der Waals surface area contributed by atoms with Crippen LogP contribution >= 0.6 is 0 Å². The van der Waals surface area contributed by atoms with Crippen LogP contribution in [0, 0.1) is 17.8 Å². The van der Waals surface area contributed by atoms with Gasteiger partial charge in [0.2, 0.25) is 0 Å². The normalized spacial score (nSPS) is 48.5. The van der Waals surface area contributed by atoms with Gasteiger partial charge in [-0.05, 0) is 37.0 Å². The molecular formula is C10H19N. The summed E-state index contributed by atoms with van der Waals surface area (Å²) >= 11 is 0. The Morgan fingerprint density at radius 1 is 1.27 bits per heavy atom. The van der Waals surface area contributed by atoms with Crippen molar-refractivity contribution in [2.45, 2.75) is 45.1 Å². The Balaban J connectivity index is 1.96. The van der Waals surface area contributed by atoms with Gasteiger partial charge in [0, 0.05) is 6.04 Å². The lowest BCUT2D eigenvalue weighted by atomic mass is 9.83. The van der Waals surface area contributed by atoms with Gasteiger partial charge >= 0.3 is 0 Å².